The van der Waals surface area contributed by atoms with E-state index in [4.69, 9.17) is 0 Å². The monoisotopic (exact) mass is 464 g/mol. The molecule has 0 amide bonds. The van der Waals surface area contributed by atoms with Crippen LogP contribution in [0, 0.1) is 0 Å². The molecule has 0 spiro atoms. The molecule has 32 heavy (non-hydrogen) atoms. The lowest BCUT2D eigenvalue weighted by molar-refractivity contribution is -0.137. The first kappa shape index (κ1) is 22.2. The summed E-state index contributed by atoms with van der Waals surface area (Å²) in [4.78, 5) is 25.2. The zero-order valence-electron chi connectivity index (χ0n) is 17.0. The van der Waals surface area contributed by atoms with Gasteiger partial charge >= 0.3 is 6.18 Å². The molecular formula is C21H19F3N4O3S. The highest BCUT2D eigenvalue weighted by Crippen LogP contribution is 2.30. The third kappa shape index (κ3) is 4.73. The number of rotatable bonds is 4. The van der Waals surface area contributed by atoms with E-state index in [0.29, 0.717) is 48.6 Å². The van der Waals surface area contributed by atoms with Crippen LogP contribution in [-0.4, -0.2) is 41.1 Å². The number of hydrogen-bond acceptors (Lipinski definition) is 6. The molecule has 1 aliphatic rings. The van der Waals surface area contributed by atoms with E-state index in [1.54, 1.807) is 12.3 Å². The highest BCUT2D eigenvalue weighted by molar-refractivity contribution is 7.90. The van der Waals surface area contributed by atoms with Crippen molar-refractivity contribution in [1.29, 1.82) is 0 Å². The first-order valence-corrected chi connectivity index (χ1v) is 11.6. The van der Waals surface area contributed by atoms with Crippen LogP contribution >= 0.6 is 0 Å². The molecule has 0 aliphatic carbocycles. The number of hydrogen-bond donors (Lipinski definition) is 1. The van der Waals surface area contributed by atoms with Gasteiger partial charge in [0.2, 0.25) is 15.0 Å². The average Bonchev–Trinajstić information content (AvgIpc) is 2.73. The lowest BCUT2D eigenvalue weighted by atomic mass is 10.1. The van der Waals surface area contributed by atoms with E-state index in [-0.39, 0.29) is 5.16 Å². The highest BCUT2D eigenvalue weighted by Gasteiger charge is 2.30. The third-order valence-corrected chi connectivity index (χ3v) is 6.11. The van der Waals surface area contributed by atoms with Crippen molar-refractivity contribution in [1.82, 2.24) is 19.9 Å². The predicted molar refractivity (Wildman–Crippen MR) is 110 cm³/mol. The summed E-state index contributed by atoms with van der Waals surface area (Å²) in [6, 6.07) is 8.40. The van der Waals surface area contributed by atoms with E-state index < -0.39 is 27.1 Å². The molecule has 4 rings (SSSR count). The van der Waals surface area contributed by atoms with Gasteiger partial charge < -0.3 is 0 Å². The third-order valence-electron chi connectivity index (χ3n) is 5.22. The largest absolute Gasteiger partial charge is 0.416 e. The lowest BCUT2D eigenvalue weighted by Crippen LogP contribution is -2.36. The molecule has 3 heterocycles. The smallest absolute Gasteiger partial charge is 0.297 e. The Kier molecular flexibility index (Phi) is 5.63. The number of aromatic amines is 1. The predicted octanol–water partition coefficient (Wildman–Crippen LogP) is 2.81. The summed E-state index contributed by atoms with van der Waals surface area (Å²) < 4.78 is 61.5. The van der Waals surface area contributed by atoms with Crippen molar-refractivity contribution in [2.75, 3.05) is 12.8 Å². The van der Waals surface area contributed by atoms with Gasteiger partial charge in [0, 0.05) is 44.1 Å². The van der Waals surface area contributed by atoms with Gasteiger partial charge in [-0.15, -0.1) is 0 Å². The molecule has 3 aromatic rings. The van der Waals surface area contributed by atoms with Gasteiger partial charge in [-0.3, -0.25) is 19.7 Å². The molecule has 0 fully saturated rings. The van der Waals surface area contributed by atoms with Gasteiger partial charge in [-0.25, -0.2) is 13.4 Å². The van der Waals surface area contributed by atoms with Crippen LogP contribution in [0.4, 0.5) is 13.2 Å². The van der Waals surface area contributed by atoms with Gasteiger partial charge in [-0.05, 0) is 23.8 Å². The molecule has 0 saturated heterocycles. The first-order chi connectivity index (χ1) is 15.0. The van der Waals surface area contributed by atoms with Crippen molar-refractivity contribution in [3.05, 3.63) is 75.3 Å². The lowest BCUT2D eigenvalue weighted by Gasteiger charge is -2.27. The SMILES string of the molecule is CS(=O)(=O)c1nc2c(c(=O)[nH]1)CN(Cc1ccc(-c3ccc(C(F)(F)F)cc3)nc1)CC2. The van der Waals surface area contributed by atoms with Crippen LogP contribution in [0.3, 0.4) is 0 Å². The van der Waals surface area contributed by atoms with Crippen molar-refractivity contribution < 1.29 is 21.6 Å². The number of fused-ring (bicyclic) bond motifs is 1. The van der Waals surface area contributed by atoms with E-state index in [0.717, 1.165) is 24.0 Å². The van der Waals surface area contributed by atoms with Gasteiger partial charge in [0.1, 0.15) is 0 Å². The summed E-state index contributed by atoms with van der Waals surface area (Å²) in [6.45, 7) is 1.42. The van der Waals surface area contributed by atoms with Gasteiger partial charge in [0.25, 0.3) is 5.56 Å². The molecule has 7 nitrogen and oxygen atoms in total. The van der Waals surface area contributed by atoms with Crippen molar-refractivity contribution in [2.45, 2.75) is 30.8 Å². The Labute approximate surface area is 181 Å². The van der Waals surface area contributed by atoms with Crippen LogP contribution < -0.4 is 5.56 Å². The summed E-state index contributed by atoms with van der Waals surface area (Å²) in [5.41, 5.74) is 1.77. The Morgan fingerprint density at radius 3 is 2.44 bits per heavy atom. The van der Waals surface area contributed by atoms with E-state index >= 15 is 0 Å². The summed E-state index contributed by atoms with van der Waals surface area (Å²) in [5, 5.41) is -0.322. The fourth-order valence-electron chi connectivity index (χ4n) is 3.55. The molecule has 1 aliphatic heterocycles. The number of pyridine rings is 1. The zero-order chi connectivity index (χ0) is 23.1. The second-order valence-electron chi connectivity index (χ2n) is 7.66. The van der Waals surface area contributed by atoms with Crippen LogP contribution in [0.1, 0.15) is 22.4 Å². The van der Waals surface area contributed by atoms with Crippen LogP contribution in [-0.2, 0) is 35.5 Å². The number of nitrogens with zero attached hydrogens (tertiary/aromatic N) is 3. The van der Waals surface area contributed by atoms with Crippen molar-refractivity contribution in [3.63, 3.8) is 0 Å². The molecule has 0 saturated carbocycles. The fraction of sp³-hybridized carbons (Fsp3) is 0.286. The van der Waals surface area contributed by atoms with Crippen molar-refractivity contribution in [3.8, 4) is 11.3 Å². The number of benzene rings is 1. The normalized spacial score (nSPS) is 14.9. The van der Waals surface area contributed by atoms with Gasteiger partial charge in [-0.1, -0.05) is 18.2 Å². The minimum atomic E-state index is -4.38. The molecule has 0 bridgehead atoms. The molecule has 0 atom stereocenters. The minimum absolute atomic E-state index is 0.322. The maximum atomic E-state index is 12.7. The van der Waals surface area contributed by atoms with Crippen molar-refractivity contribution >= 4 is 9.84 Å². The Morgan fingerprint density at radius 1 is 1.12 bits per heavy atom. The Hall–Kier alpha value is -3.05. The number of sulfone groups is 1. The van der Waals surface area contributed by atoms with Crippen LogP contribution in [0.15, 0.2) is 52.5 Å². The molecule has 1 N–H and O–H groups in total. The van der Waals surface area contributed by atoms with E-state index in [2.05, 4.69) is 15.0 Å². The molecule has 2 aromatic heterocycles. The highest BCUT2D eigenvalue weighted by atomic mass is 32.2. The van der Waals surface area contributed by atoms with Crippen LogP contribution in [0.25, 0.3) is 11.3 Å². The van der Waals surface area contributed by atoms with E-state index in [9.17, 15) is 26.4 Å². The van der Waals surface area contributed by atoms with Crippen LogP contribution in [0.5, 0.6) is 0 Å². The maximum absolute atomic E-state index is 12.7. The summed E-state index contributed by atoms with van der Waals surface area (Å²) in [5.74, 6) is 0. The number of aromatic nitrogens is 3. The van der Waals surface area contributed by atoms with E-state index in [1.165, 1.54) is 12.1 Å². The Balaban J connectivity index is 1.47. The minimum Gasteiger partial charge on any atom is -0.297 e. The number of halogens is 3. The zero-order valence-corrected chi connectivity index (χ0v) is 17.8. The second kappa shape index (κ2) is 8.14. The summed E-state index contributed by atoms with van der Waals surface area (Å²) >= 11 is 0. The quantitative estimate of drug-likeness (QED) is 0.597. The molecule has 0 radical (unpaired) electrons. The molecule has 168 valence electrons. The number of H-pyrrole nitrogens is 1. The first-order valence-electron chi connectivity index (χ1n) is 9.68. The number of nitrogens with one attached hydrogen (secondary N) is 1. The number of alkyl halides is 3. The van der Waals surface area contributed by atoms with Crippen molar-refractivity contribution in [2.24, 2.45) is 0 Å². The standard InChI is InChI=1S/C21H19F3N4O3S/c1-32(30,31)20-26-18-8-9-28(12-16(18)19(29)27-20)11-13-2-7-17(25-10-13)14-3-5-15(6-4-14)21(22,23)24/h2-7,10H,8-9,11-12H2,1H3,(H,26,27,29). The molecular weight excluding hydrogens is 445 g/mol. The van der Waals surface area contributed by atoms with Crippen LogP contribution in [0.2, 0.25) is 0 Å². The molecule has 0 unspecified atom stereocenters. The topological polar surface area (TPSA) is 96.0 Å². The Morgan fingerprint density at radius 2 is 1.84 bits per heavy atom. The summed E-state index contributed by atoms with van der Waals surface area (Å²) in [6.07, 6.45) is -1.29. The van der Waals surface area contributed by atoms with E-state index in [1.807, 2.05) is 11.0 Å². The fourth-order valence-corrected chi connectivity index (χ4v) is 4.10. The summed E-state index contributed by atoms with van der Waals surface area (Å²) in [7, 11) is -3.60. The Bertz CT molecular complexity index is 1300. The van der Waals surface area contributed by atoms with Gasteiger partial charge in [0.05, 0.1) is 22.5 Å². The molecule has 1 aromatic carbocycles. The van der Waals surface area contributed by atoms with Gasteiger partial charge in [0.15, 0.2) is 0 Å². The maximum Gasteiger partial charge on any atom is 0.416 e. The molecule has 11 heteroatoms. The second-order valence-corrected chi connectivity index (χ2v) is 9.59. The van der Waals surface area contributed by atoms with Gasteiger partial charge in [-0.2, -0.15) is 13.2 Å². The average molecular weight is 464 g/mol.